The average molecular weight is 308 g/mol. The third-order valence-electron chi connectivity index (χ3n) is 3.45. The molecule has 1 saturated heterocycles. The number of amides is 1. The molecule has 0 saturated carbocycles. The van der Waals surface area contributed by atoms with Crippen molar-refractivity contribution in [2.45, 2.75) is 23.8 Å². The van der Waals surface area contributed by atoms with Gasteiger partial charge in [0.2, 0.25) is 5.91 Å². The van der Waals surface area contributed by atoms with Crippen LogP contribution in [-0.2, 0) is 9.53 Å². The molecule has 0 unspecified atom stereocenters. The van der Waals surface area contributed by atoms with Gasteiger partial charge >= 0.3 is 0 Å². The van der Waals surface area contributed by atoms with Crippen LogP contribution in [0.3, 0.4) is 0 Å². The van der Waals surface area contributed by atoms with Crippen LogP contribution in [0.1, 0.15) is 12.8 Å². The van der Waals surface area contributed by atoms with Crippen LogP contribution in [0.4, 0.5) is 0 Å². The Morgan fingerprint density at radius 3 is 2.95 bits per heavy atom. The predicted molar refractivity (Wildman–Crippen MR) is 86.6 cm³/mol. The highest BCUT2D eigenvalue weighted by atomic mass is 32.2. The number of benzene rings is 1. The normalized spacial score (nSPS) is 18.1. The first kappa shape index (κ1) is 16.3. The zero-order valence-electron chi connectivity index (χ0n) is 12.6. The molecule has 2 rings (SSSR count). The monoisotopic (exact) mass is 308 g/mol. The molecule has 1 heterocycles. The molecule has 1 amide bonds. The third-order valence-corrected chi connectivity index (χ3v) is 4.44. The van der Waals surface area contributed by atoms with Gasteiger partial charge in [0.15, 0.2) is 0 Å². The van der Waals surface area contributed by atoms with Crippen LogP contribution in [0.15, 0.2) is 35.2 Å². The van der Waals surface area contributed by atoms with Gasteiger partial charge in [-0.3, -0.25) is 9.69 Å². The van der Waals surface area contributed by atoms with E-state index in [1.54, 1.807) is 0 Å². The first-order valence-electron chi connectivity index (χ1n) is 7.49. The van der Waals surface area contributed by atoms with E-state index < -0.39 is 0 Å². The zero-order chi connectivity index (χ0) is 14.9. The highest BCUT2D eigenvalue weighted by Gasteiger charge is 2.16. The van der Waals surface area contributed by atoms with Crippen LogP contribution < -0.4 is 5.32 Å². The Bertz CT molecular complexity index is 422. The van der Waals surface area contributed by atoms with Gasteiger partial charge in [0.1, 0.15) is 0 Å². The lowest BCUT2D eigenvalue weighted by atomic mass is 10.2. The number of nitrogens with one attached hydrogen (secondary N) is 1. The Kier molecular flexibility index (Phi) is 7.06. The maximum absolute atomic E-state index is 11.8. The van der Waals surface area contributed by atoms with Crippen molar-refractivity contribution in [1.29, 1.82) is 0 Å². The van der Waals surface area contributed by atoms with Crippen molar-refractivity contribution >= 4 is 17.7 Å². The van der Waals surface area contributed by atoms with Crippen LogP contribution >= 0.6 is 11.8 Å². The SMILES string of the molecule is CN(CCSc1ccccc1)CC(=O)NC[C@H]1CCCO1. The van der Waals surface area contributed by atoms with E-state index in [1.807, 2.05) is 37.0 Å². The van der Waals surface area contributed by atoms with E-state index in [-0.39, 0.29) is 12.0 Å². The summed E-state index contributed by atoms with van der Waals surface area (Å²) >= 11 is 1.82. The quantitative estimate of drug-likeness (QED) is 0.746. The Labute approximate surface area is 131 Å². The fourth-order valence-corrected chi connectivity index (χ4v) is 3.24. The fraction of sp³-hybridized carbons (Fsp3) is 0.562. The molecule has 4 nitrogen and oxygen atoms in total. The first-order valence-corrected chi connectivity index (χ1v) is 8.47. The van der Waals surface area contributed by atoms with Gasteiger partial charge in [-0.2, -0.15) is 0 Å². The molecule has 1 aromatic carbocycles. The molecule has 1 atom stereocenters. The van der Waals surface area contributed by atoms with Crippen LogP contribution in [0.5, 0.6) is 0 Å². The molecule has 1 fully saturated rings. The second-order valence-corrected chi connectivity index (χ2v) is 6.51. The molecule has 0 spiro atoms. The van der Waals surface area contributed by atoms with Gasteiger partial charge in [-0.1, -0.05) is 18.2 Å². The Morgan fingerprint density at radius 1 is 1.43 bits per heavy atom. The Balaban J connectivity index is 1.55. The molecule has 1 aromatic rings. The Morgan fingerprint density at radius 2 is 2.24 bits per heavy atom. The molecule has 1 aliphatic rings. The highest BCUT2D eigenvalue weighted by molar-refractivity contribution is 7.99. The highest BCUT2D eigenvalue weighted by Crippen LogP contribution is 2.16. The number of hydrogen-bond donors (Lipinski definition) is 1. The van der Waals surface area contributed by atoms with Gasteiger partial charge in [0.25, 0.3) is 0 Å². The molecule has 0 radical (unpaired) electrons. The van der Waals surface area contributed by atoms with Crippen LogP contribution in [-0.4, -0.2) is 56.0 Å². The molecular formula is C16H24N2O2S. The summed E-state index contributed by atoms with van der Waals surface area (Å²) in [6, 6.07) is 10.3. The van der Waals surface area contributed by atoms with Gasteiger partial charge < -0.3 is 10.1 Å². The third kappa shape index (κ3) is 6.50. The van der Waals surface area contributed by atoms with E-state index in [1.165, 1.54) is 4.90 Å². The summed E-state index contributed by atoms with van der Waals surface area (Å²) < 4.78 is 5.49. The van der Waals surface area contributed by atoms with Crippen LogP contribution in [0, 0.1) is 0 Å². The van der Waals surface area contributed by atoms with Crippen molar-refractivity contribution in [2.75, 3.05) is 39.0 Å². The summed E-state index contributed by atoms with van der Waals surface area (Å²) in [5, 5.41) is 2.95. The summed E-state index contributed by atoms with van der Waals surface area (Å²) in [6.07, 6.45) is 2.38. The molecule has 1 aliphatic heterocycles. The van der Waals surface area contributed by atoms with E-state index in [0.717, 1.165) is 31.7 Å². The predicted octanol–water partition coefficient (Wildman–Crippen LogP) is 2.01. The second-order valence-electron chi connectivity index (χ2n) is 5.34. The van der Waals surface area contributed by atoms with Gasteiger partial charge in [-0.25, -0.2) is 0 Å². The summed E-state index contributed by atoms with van der Waals surface area (Å²) in [7, 11) is 1.98. The van der Waals surface area contributed by atoms with Crippen molar-refractivity contribution in [3.05, 3.63) is 30.3 Å². The molecule has 116 valence electrons. The number of nitrogens with zero attached hydrogens (tertiary/aromatic N) is 1. The summed E-state index contributed by atoms with van der Waals surface area (Å²) in [4.78, 5) is 15.2. The number of rotatable bonds is 8. The van der Waals surface area contributed by atoms with E-state index >= 15 is 0 Å². The number of carbonyl (C=O) groups is 1. The lowest BCUT2D eigenvalue weighted by Gasteiger charge is -2.17. The summed E-state index contributed by atoms with van der Waals surface area (Å²) in [6.45, 7) is 2.82. The minimum Gasteiger partial charge on any atom is -0.376 e. The Hall–Kier alpha value is -1.04. The van der Waals surface area contributed by atoms with Crippen molar-refractivity contribution in [3.63, 3.8) is 0 Å². The van der Waals surface area contributed by atoms with Crippen molar-refractivity contribution in [1.82, 2.24) is 10.2 Å². The molecule has 21 heavy (non-hydrogen) atoms. The van der Waals surface area contributed by atoms with E-state index in [9.17, 15) is 4.79 Å². The van der Waals surface area contributed by atoms with Crippen molar-refractivity contribution in [3.8, 4) is 0 Å². The topological polar surface area (TPSA) is 41.6 Å². The minimum atomic E-state index is 0.0812. The molecule has 0 aromatic heterocycles. The summed E-state index contributed by atoms with van der Waals surface area (Å²) in [5.41, 5.74) is 0. The molecule has 0 bridgehead atoms. The fourth-order valence-electron chi connectivity index (χ4n) is 2.25. The molecular weight excluding hydrogens is 284 g/mol. The first-order chi connectivity index (χ1) is 10.2. The lowest BCUT2D eigenvalue weighted by molar-refractivity contribution is -0.122. The standard InChI is InChI=1S/C16H24N2O2S/c1-18(9-11-21-15-7-3-2-4-8-15)13-16(19)17-12-14-6-5-10-20-14/h2-4,7-8,14H,5-6,9-13H2,1H3,(H,17,19)/t14-/m1/s1. The summed E-state index contributed by atoms with van der Waals surface area (Å²) in [5.74, 6) is 1.07. The number of thioether (sulfide) groups is 1. The second kappa shape index (κ2) is 9.07. The molecule has 5 heteroatoms. The van der Waals surface area contributed by atoms with Gasteiger partial charge in [0, 0.05) is 30.3 Å². The maximum atomic E-state index is 11.8. The number of carbonyl (C=O) groups excluding carboxylic acids is 1. The largest absolute Gasteiger partial charge is 0.376 e. The van der Waals surface area contributed by atoms with E-state index in [4.69, 9.17) is 4.74 Å². The van der Waals surface area contributed by atoms with Crippen molar-refractivity contribution < 1.29 is 9.53 Å². The van der Waals surface area contributed by atoms with Gasteiger partial charge in [-0.05, 0) is 32.0 Å². The van der Waals surface area contributed by atoms with Gasteiger partial charge in [-0.15, -0.1) is 11.8 Å². The smallest absolute Gasteiger partial charge is 0.234 e. The van der Waals surface area contributed by atoms with E-state index in [2.05, 4.69) is 22.3 Å². The maximum Gasteiger partial charge on any atom is 0.234 e. The average Bonchev–Trinajstić information content (AvgIpc) is 2.99. The van der Waals surface area contributed by atoms with E-state index in [0.29, 0.717) is 13.1 Å². The van der Waals surface area contributed by atoms with Crippen molar-refractivity contribution in [2.24, 2.45) is 0 Å². The molecule has 0 aliphatic carbocycles. The number of hydrogen-bond acceptors (Lipinski definition) is 4. The minimum absolute atomic E-state index is 0.0812. The van der Waals surface area contributed by atoms with Gasteiger partial charge in [0.05, 0.1) is 12.6 Å². The lowest BCUT2D eigenvalue weighted by Crippen LogP contribution is -2.39. The number of ether oxygens (including phenoxy) is 1. The zero-order valence-corrected chi connectivity index (χ0v) is 13.4. The number of likely N-dealkylation sites (N-methyl/N-ethyl adjacent to an activating group) is 1. The van der Waals surface area contributed by atoms with Crippen LogP contribution in [0.25, 0.3) is 0 Å². The van der Waals surface area contributed by atoms with Crippen LogP contribution in [0.2, 0.25) is 0 Å². The molecule has 1 N–H and O–H groups in total.